The fourth-order valence-electron chi connectivity index (χ4n) is 4.34. The number of aliphatic hydroxyl groups is 1. The van der Waals surface area contributed by atoms with Crippen molar-refractivity contribution in [3.05, 3.63) is 122 Å². The Morgan fingerprint density at radius 2 is 1.82 bits per heavy atom. The Morgan fingerprint density at radius 3 is 2.52 bits per heavy atom. The average molecular weight is 629 g/mol. The number of ether oxygens (including phenoxy) is 3. The van der Waals surface area contributed by atoms with Crippen molar-refractivity contribution in [2.24, 2.45) is 4.99 Å². The van der Waals surface area contributed by atoms with Crippen LogP contribution < -0.4 is 9.47 Å². The second-order valence-electron chi connectivity index (χ2n) is 9.25. The van der Waals surface area contributed by atoms with Gasteiger partial charge in [0.15, 0.2) is 11.5 Å². The molecule has 0 fully saturated rings. The highest BCUT2D eigenvalue weighted by Crippen LogP contribution is 2.41. The van der Waals surface area contributed by atoms with E-state index >= 15 is 0 Å². The molecule has 1 N–H and O–H groups in total. The smallest absolute Gasteiger partial charge is 0.344 e. The first-order valence-electron chi connectivity index (χ1n) is 13.7. The molecule has 1 aliphatic rings. The van der Waals surface area contributed by atoms with Crippen molar-refractivity contribution >= 4 is 46.4 Å². The maximum absolute atomic E-state index is 13.0. The van der Waals surface area contributed by atoms with Gasteiger partial charge in [-0.1, -0.05) is 59.8 Å². The lowest BCUT2D eigenvalue weighted by Crippen LogP contribution is -2.14. The first-order valence-corrected chi connectivity index (χ1v) is 14.9. The van der Waals surface area contributed by atoms with Gasteiger partial charge in [-0.05, 0) is 62.2 Å². The van der Waals surface area contributed by atoms with Crippen molar-refractivity contribution in [2.45, 2.75) is 26.9 Å². The highest BCUT2D eigenvalue weighted by atomic mass is 35.5. The van der Waals surface area contributed by atoms with E-state index in [0.717, 1.165) is 22.9 Å². The first-order chi connectivity index (χ1) is 21.3. The highest BCUT2D eigenvalue weighted by molar-refractivity contribution is 8.18. The monoisotopic (exact) mass is 628 g/mol. The molecule has 44 heavy (non-hydrogen) atoms. The number of nitriles is 1. The Labute approximate surface area is 264 Å². The number of carbonyl (C=O) groups is 2. The number of hydrogen-bond acceptors (Lipinski definition) is 8. The molecule has 0 spiro atoms. The van der Waals surface area contributed by atoms with Gasteiger partial charge in [0.2, 0.25) is 0 Å². The Balaban J connectivity index is 1.75. The molecule has 10 heteroatoms. The van der Waals surface area contributed by atoms with E-state index in [4.69, 9.17) is 25.8 Å². The number of nitrogens with zero attached hydrogens (tertiary/aromatic N) is 2. The second kappa shape index (κ2) is 15.1. The topological polar surface area (TPSA) is 118 Å². The van der Waals surface area contributed by atoms with Gasteiger partial charge in [0.25, 0.3) is 5.91 Å². The van der Waals surface area contributed by atoms with E-state index in [2.05, 4.69) is 17.6 Å². The standard InChI is InChI=1S/C34H29ClN2O6S/c1-4-11-22-16-21(17-27(41-5-2)31(22)43-20-24-13-8-7-12-23(24)19-36)18-28-30(38)29(34(40)42-6-3)33(44-28)37-32(39)25-14-9-10-15-26(25)35/h4,7-10,12-18,38H,1,5-6,11,20H2,2-3H3/b28-18-,37-33?. The van der Waals surface area contributed by atoms with Crippen LogP contribution in [-0.2, 0) is 22.6 Å². The van der Waals surface area contributed by atoms with E-state index in [-0.39, 0.29) is 45.1 Å². The van der Waals surface area contributed by atoms with E-state index in [0.29, 0.717) is 35.7 Å². The molecule has 0 aliphatic carbocycles. The summed E-state index contributed by atoms with van der Waals surface area (Å²) in [6, 6.07) is 19.4. The molecule has 0 saturated carbocycles. The van der Waals surface area contributed by atoms with Gasteiger partial charge in [-0.2, -0.15) is 5.26 Å². The number of benzene rings is 3. The number of aliphatic imine (C=N–C) groups is 1. The number of halogens is 1. The minimum absolute atomic E-state index is 0.00965. The summed E-state index contributed by atoms with van der Waals surface area (Å²) in [5, 5.41) is 20.8. The zero-order valence-corrected chi connectivity index (χ0v) is 25.7. The van der Waals surface area contributed by atoms with Crippen LogP contribution in [0, 0.1) is 11.3 Å². The number of rotatable bonds is 11. The van der Waals surface area contributed by atoms with Gasteiger partial charge < -0.3 is 19.3 Å². The summed E-state index contributed by atoms with van der Waals surface area (Å²) in [5.41, 5.74) is 2.58. The maximum atomic E-state index is 13.0. The third-order valence-corrected chi connectivity index (χ3v) is 7.65. The van der Waals surface area contributed by atoms with Crippen molar-refractivity contribution in [2.75, 3.05) is 13.2 Å². The van der Waals surface area contributed by atoms with Crippen LogP contribution in [0.5, 0.6) is 11.5 Å². The molecule has 0 radical (unpaired) electrons. The minimum atomic E-state index is -0.810. The SMILES string of the molecule is C=CCc1cc(/C=C2\SC(=NC(=O)c3ccccc3Cl)C(C(=O)OCC)=C2O)cc(OCC)c1OCc1ccccc1C#N. The number of amides is 1. The van der Waals surface area contributed by atoms with Crippen LogP contribution in [-0.4, -0.2) is 35.2 Å². The largest absolute Gasteiger partial charge is 0.506 e. The second-order valence-corrected chi connectivity index (χ2v) is 10.7. The first kappa shape index (κ1) is 32.1. The van der Waals surface area contributed by atoms with Crippen LogP contribution in [0.3, 0.4) is 0 Å². The van der Waals surface area contributed by atoms with E-state index in [9.17, 15) is 20.0 Å². The molecule has 1 heterocycles. The van der Waals surface area contributed by atoms with E-state index in [1.165, 1.54) is 6.07 Å². The number of aliphatic hydroxyl groups excluding tert-OH is 1. The molecule has 0 unspecified atom stereocenters. The minimum Gasteiger partial charge on any atom is -0.506 e. The van der Waals surface area contributed by atoms with Gasteiger partial charge in [0.1, 0.15) is 23.0 Å². The molecule has 0 bridgehead atoms. The van der Waals surface area contributed by atoms with Crippen LogP contribution >= 0.6 is 23.4 Å². The lowest BCUT2D eigenvalue weighted by Gasteiger charge is -2.17. The summed E-state index contributed by atoms with van der Waals surface area (Å²) < 4.78 is 17.3. The van der Waals surface area contributed by atoms with Gasteiger partial charge in [0, 0.05) is 11.1 Å². The molecular weight excluding hydrogens is 600 g/mol. The predicted molar refractivity (Wildman–Crippen MR) is 172 cm³/mol. The van der Waals surface area contributed by atoms with Gasteiger partial charge >= 0.3 is 5.97 Å². The van der Waals surface area contributed by atoms with Crippen molar-refractivity contribution < 1.29 is 28.9 Å². The van der Waals surface area contributed by atoms with Crippen molar-refractivity contribution in [3.8, 4) is 17.6 Å². The van der Waals surface area contributed by atoms with Crippen molar-refractivity contribution in [3.63, 3.8) is 0 Å². The molecule has 0 atom stereocenters. The molecule has 1 amide bonds. The third kappa shape index (κ3) is 7.40. The zero-order chi connectivity index (χ0) is 31.6. The third-order valence-electron chi connectivity index (χ3n) is 6.30. The Kier molecular flexibility index (Phi) is 11.0. The maximum Gasteiger partial charge on any atom is 0.344 e. The molecular formula is C34H29ClN2O6S. The average Bonchev–Trinajstić information content (AvgIpc) is 3.31. The molecule has 3 aromatic carbocycles. The number of esters is 1. The number of hydrogen-bond donors (Lipinski definition) is 1. The summed E-state index contributed by atoms with van der Waals surface area (Å²) >= 11 is 7.14. The summed E-state index contributed by atoms with van der Waals surface area (Å²) in [6.45, 7) is 7.91. The van der Waals surface area contributed by atoms with Crippen LogP contribution in [0.25, 0.3) is 6.08 Å². The molecule has 3 aromatic rings. The molecule has 0 aromatic heterocycles. The van der Waals surface area contributed by atoms with Gasteiger partial charge in [-0.25, -0.2) is 9.79 Å². The van der Waals surface area contributed by atoms with E-state index in [1.807, 2.05) is 25.1 Å². The number of carbonyl (C=O) groups excluding carboxylic acids is 2. The lowest BCUT2D eigenvalue weighted by atomic mass is 10.0. The van der Waals surface area contributed by atoms with Crippen molar-refractivity contribution in [1.82, 2.24) is 0 Å². The summed E-state index contributed by atoms with van der Waals surface area (Å²) in [7, 11) is 0. The molecule has 1 aliphatic heterocycles. The van der Waals surface area contributed by atoms with E-state index < -0.39 is 11.9 Å². The summed E-state index contributed by atoms with van der Waals surface area (Å²) in [6.07, 6.45) is 3.82. The van der Waals surface area contributed by atoms with Gasteiger partial charge in [0.05, 0.1) is 40.3 Å². The fraction of sp³-hybridized carbons (Fsp3) is 0.176. The lowest BCUT2D eigenvalue weighted by molar-refractivity contribution is -0.138. The molecule has 4 rings (SSSR count). The Bertz CT molecular complexity index is 1740. The van der Waals surface area contributed by atoms with E-state index in [1.54, 1.807) is 55.5 Å². The molecule has 224 valence electrons. The fourth-order valence-corrected chi connectivity index (χ4v) is 5.57. The van der Waals surface area contributed by atoms with Crippen molar-refractivity contribution in [1.29, 1.82) is 5.26 Å². The van der Waals surface area contributed by atoms with Gasteiger partial charge in [-0.3, -0.25) is 4.79 Å². The summed E-state index contributed by atoms with van der Waals surface area (Å²) in [5.74, 6) is -0.889. The summed E-state index contributed by atoms with van der Waals surface area (Å²) in [4.78, 5) is 30.2. The Morgan fingerprint density at radius 1 is 1.07 bits per heavy atom. The predicted octanol–water partition coefficient (Wildman–Crippen LogP) is 7.62. The van der Waals surface area contributed by atoms with Crippen LogP contribution in [0.4, 0.5) is 0 Å². The highest BCUT2D eigenvalue weighted by Gasteiger charge is 2.34. The number of thioether (sulfide) groups is 1. The number of allylic oxidation sites excluding steroid dienone is 1. The normalized spacial score (nSPS) is 14.4. The zero-order valence-electron chi connectivity index (χ0n) is 24.1. The van der Waals surface area contributed by atoms with Crippen LogP contribution in [0.15, 0.2) is 94.5 Å². The van der Waals surface area contributed by atoms with Crippen LogP contribution in [0.1, 0.15) is 46.5 Å². The van der Waals surface area contributed by atoms with Gasteiger partial charge in [-0.15, -0.1) is 6.58 Å². The molecule has 8 nitrogen and oxygen atoms in total. The Hall–Kier alpha value is -4.78. The quantitative estimate of drug-likeness (QED) is 0.170. The van der Waals surface area contributed by atoms with Crippen LogP contribution in [0.2, 0.25) is 5.02 Å². The molecule has 0 saturated heterocycles.